The zero-order valence-corrected chi connectivity index (χ0v) is 11.8. The van der Waals surface area contributed by atoms with E-state index in [9.17, 15) is 0 Å². The van der Waals surface area contributed by atoms with Crippen LogP contribution in [0.4, 0.5) is 0 Å². The number of ether oxygens (including phenoxy) is 1. The fourth-order valence-electron chi connectivity index (χ4n) is 2.05. The molecule has 0 saturated heterocycles. The maximum Gasteiger partial charge on any atom is 0.119 e. The molecule has 0 aliphatic heterocycles. The Morgan fingerprint density at radius 2 is 2.00 bits per heavy atom. The van der Waals surface area contributed by atoms with Gasteiger partial charge in [-0.25, -0.2) is 0 Å². The minimum absolute atomic E-state index is 0.218. The van der Waals surface area contributed by atoms with Gasteiger partial charge in [-0.05, 0) is 42.3 Å². The lowest BCUT2D eigenvalue weighted by atomic mass is 10.1. The van der Waals surface area contributed by atoms with Gasteiger partial charge in [0, 0.05) is 12.6 Å². The van der Waals surface area contributed by atoms with Crippen molar-refractivity contribution in [2.45, 2.75) is 19.5 Å². The Labute approximate surface area is 119 Å². The summed E-state index contributed by atoms with van der Waals surface area (Å²) < 4.78 is 5.23. The van der Waals surface area contributed by atoms with E-state index in [2.05, 4.69) is 24.4 Å². The van der Waals surface area contributed by atoms with Gasteiger partial charge in [-0.3, -0.25) is 0 Å². The minimum Gasteiger partial charge on any atom is -0.497 e. The number of nitrogens with one attached hydrogen (secondary N) is 1. The average molecular weight is 266 g/mol. The molecule has 20 heavy (non-hydrogen) atoms. The van der Waals surface area contributed by atoms with Gasteiger partial charge in [-0.15, -0.1) is 0 Å². The molecular weight excluding hydrogens is 248 g/mol. The largest absolute Gasteiger partial charge is 0.497 e. The van der Waals surface area contributed by atoms with Crippen molar-refractivity contribution in [1.29, 1.82) is 5.26 Å². The van der Waals surface area contributed by atoms with E-state index in [0.29, 0.717) is 5.56 Å². The summed E-state index contributed by atoms with van der Waals surface area (Å²) in [5, 5.41) is 12.3. The summed E-state index contributed by atoms with van der Waals surface area (Å²) in [5.41, 5.74) is 2.98. The first-order valence-corrected chi connectivity index (χ1v) is 6.59. The van der Waals surface area contributed by atoms with Gasteiger partial charge in [0.15, 0.2) is 0 Å². The summed E-state index contributed by atoms with van der Waals surface area (Å²) in [7, 11) is 1.67. The standard InChI is InChI=1S/C17H18N2O/c1-13(16-7-4-8-17(10-16)20-2)19-12-15-6-3-5-14(9-15)11-18/h3-10,13,19H,12H2,1-2H3/t13-/m0/s1. The van der Waals surface area contributed by atoms with Crippen LogP contribution in [0.1, 0.15) is 29.7 Å². The van der Waals surface area contributed by atoms with Crippen LogP contribution >= 0.6 is 0 Å². The highest BCUT2D eigenvalue weighted by Gasteiger charge is 2.06. The maximum absolute atomic E-state index is 8.89. The fourth-order valence-corrected chi connectivity index (χ4v) is 2.05. The van der Waals surface area contributed by atoms with Gasteiger partial charge in [-0.2, -0.15) is 5.26 Å². The first kappa shape index (κ1) is 14.1. The Bertz CT molecular complexity index is 616. The quantitative estimate of drug-likeness (QED) is 0.902. The van der Waals surface area contributed by atoms with Crippen LogP contribution in [0.2, 0.25) is 0 Å². The highest BCUT2D eigenvalue weighted by atomic mass is 16.5. The summed E-state index contributed by atoms with van der Waals surface area (Å²) in [6.45, 7) is 2.84. The molecular formula is C17H18N2O. The molecule has 102 valence electrons. The van der Waals surface area contributed by atoms with Crippen LogP contribution in [-0.2, 0) is 6.54 Å². The van der Waals surface area contributed by atoms with Crippen LogP contribution in [-0.4, -0.2) is 7.11 Å². The third kappa shape index (κ3) is 3.59. The molecule has 3 nitrogen and oxygen atoms in total. The lowest BCUT2D eigenvalue weighted by Crippen LogP contribution is -2.18. The van der Waals surface area contributed by atoms with Crippen LogP contribution in [0.15, 0.2) is 48.5 Å². The predicted molar refractivity (Wildman–Crippen MR) is 79.4 cm³/mol. The second-order valence-electron chi connectivity index (χ2n) is 4.69. The molecule has 0 aliphatic carbocycles. The molecule has 0 aromatic heterocycles. The number of nitriles is 1. The number of hydrogen-bond acceptors (Lipinski definition) is 3. The molecule has 0 heterocycles. The van der Waals surface area contributed by atoms with Crippen molar-refractivity contribution in [2.75, 3.05) is 7.11 Å². The van der Waals surface area contributed by atoms with Gasteiger partial charge in [0.05, 0.1) is 18.7 Å². The Morgan fingerprint density at radius 3 is 2.75 bits per heavy atom. The highest BCUT2D eigenvalue weighted by molar-refractivity contribution is 5.33. The van der Waals surface area contributed by atoms with Crippen LogP contribution in [0, 0.1) is 11.3 Å². The minimum atomic E-state index is 0.218. The summed E-state index contributed by atoms with van der Waals surface area (Å²) >= 11 is 0. The number of methoxy groups -OCH3 is 1. The molecule has 0 radical (unpaired) electrons. The van der Waals surface area contributed by atoms with Crippen molar-refractivity contribution >= 4 is 0 Å². The SMILES string of the molecule is COc1cccc([C@H](C)NCc2cccc(C#N)c2)c1. The van der Waals surface area contributed by atoms with Crippen LogP contribution in [0.3, 0.4) is 0 Å². The van der Waals surface area contributed by atoms with Gasteiger partial charge in [0.2, 0.25) is 0 Å². The molecule has 1 atom stereocenters. The number of benzene rings is 2. The number of rotatable bonds is 5. The van der Waals surface area contributed by atoms with Crippen LogP contribution < -0.4 is 10.1 Å². The molecule has 0 aliphatic rings. The molecule has 1 N–H and O–H groups in total. The average Bonchev–Trinajstić information content (AvgIpc) is 2.52. The number of nitrogens with zero attached hydrogens (tertiary/aromatic N) is 1. The third-order valence-electron chi connectivity index (χ3n) is 3.26. The summed E-state index contributed by atoms with van der Waals surface area (Å²) in [6.07, 6.45) is 0. The molecule has 0 fully saturated rings. The second-order valence-corrected chi connectivity index (χ2v) is 4.69. The Kier molecular flexibility index (Phi) is 4.75. The van der Waals surface area contributed by atoms with Gasteiger partial charge < -0.3 is 10.1 Å². The summed E-state index contributed by atoms with van der Waals surface area (Å²) in [4.78, 5) is 0. The summed E-state index contributed by atoms with van der Waals surface area (Å²) in [6, 6.07) is 18.1. The molecule has 0 unspecified atom stereocenters. The third-order valence-corrected chi connectivity index (χ3v) is 3.26. The molecule has 2 aromatic rings. The Balaban J connectivity index is 2.00. The predicted octanol–water partition coefficient (Wildman–Crippen LogP) is 3.42. The van der Waals surface area contributed by atoms with Crippen molar-refractivity contribution in [1.82, 2.24) is 5.32 Å². The molecule has 0 amide bonds. The second kappa shape index (κ2) is 6.74. The zero-order valence-electron chi connectivity index (χ0n) is 11.8. The van der Waals surface area contributed by atoms with E-state index in [1.54, 1.807) is 7.11 Å². The van der Waals surface area contributed by atoms with E-state index in [0.717, 1.165) is 17.9 Å². The maximum atomic E-state index is 8.89. The topological polar surface area (TPSA) is 45.0 Å². The lowest BCUT2D eigenvalue weighted by Gasteiger charge is -2.15. The van der Waals surface area contributed by atoms with Gasteiger partial charge in [-0.1, -0.05) is 24.3 Å². The van der Waals surface area contributed by atoms with E-state index in [4.69, 9.17) is 10.00 Å². The Morgan fingerprint density at radius 1 is 1.20 bits per heavy atom. The first-order chi connectivity index (χ1) is 9.72. The van der Waals surface area contributed by atoms with Crippen LogP contribution in [0.25, 0.3) is 0 Å². The van der Waals surface area contributed by atoms with Crippen LogP contribution in [0.5, 0.6) is 5.75 Å². The van der Waals surface area contributed by atoms with Crippen molar-refractivity contribution in [3.8, 4) is 11.8 Å². The smallest absolute Gasteiger partial charge is 0.119 e. The molecule has 0 bridgehead atoms. The van der Waals surface area contributed by atoms with E-state index in [1.807, 2.05) is 42.5 Å². The van der Waals surface area contributed by atoms with Gasteiger partial charge >= 0.3 is 0 Å². The molecule has 3 heteroatoms. The van der Waals surface area contributed by atoms with E-state index >= 15 is 0 Å². The van der Waals surface area contributed by atoms with Crippen molar-refractivity contribution in [3.63, 3.8) is 0 Å². The fraction of sp³-hybridized carbons (Fsp3) is 0.235. The van der Waals surface area contributed by atoms with Crippen molar-refractivity contribution in [2.24, 2.45) is 0 Å². The van der Waals surface area contributed by atoms with Crippen molar-refractivity contribution < 1.29 is 4.74 Å². The highest BCUT2D eigenvalue weighted by Crippen LogP contribution is 2.19. The van der Waals surface area contributed by atoms with E-state index < -0.39 is 0 Å². The van der Waals surface area contributed by atoms with Gasteiger partial charge in [0.25, 0.3) is 0 Å². The zero-order chi connectivity index (χ0) is 14.4. The molecule has 2 aromatic carbocycles. The lowest BCUT2D eigenvalue weighted by molar-refractivity contribution is 0.413. The Hall–Kier alpha value is -2.31. The molecule has 2 rings (SSSR count). The number of hydrogen-bond donors (Lipinski definition) is 1. The molecule has 0 saturated carbocycles. The molecule has 0 spiro atoms. The van der Waals surface area contributed by atoms with Gasteiger partial charge in [0.1, 0.15) is 5.75 Å². The van der Waals surface area contributed by atoms with E-state index in [-0.39, 0.29) is 6.04 Å². The van der Waals surface area contributed by atoms with Crippen molar-refractivity contribution in [3.05, 3.63) is 65.2 Å². The first-order valence-electron chi connectivity index (χ1n) is 6.59. The normalized spacial score (nSPS) is 11.7. The summed E-state index contributed by atoms with van der Waals surface area (Å²) in [5.74, 6) is 0.864. The monoisotopic (exact) mass is 266 g/mol. The van der Waals surface area contributed by atoms with E-state index in [1.165, 1.54) is 5.56 Å².